The van der Waals surface area contributed by atoms with Crippen LogP contribution >= 0.6 is 11.3 Å². The molecule has 0 aromatic carbocycles. The van der Waals surface area contributed by atoms with E-state index in [9.17, 15) is 5.26 Å². The van der Waals surface area contributed by atoms with Crippen molar-refractivity contribution in [1.82, 2.24) is 9.97 Å². The number of nitrogens with zero attached hydrogens (tertiary/aromatic N) is 3. The van der Waals surface area contributed by atoms with Gasteiger partial charge in [-0.2, -0.15) is 5.26 Å². The molecular formula is C13H11N3S. The van der Waals surface area contributed by atoms with Gasteiger partial charge < -0.3 is 0 Å². The smallest absolute Gasteiger partial charge is 0.123 e. The SMILES string of the molecule is N#CC1(c2csc(-c3ccncc3)n2)CCC1. The minimum atomic E-state index is -0.304. The van der Waals surface area contributed by atoms with Crippen molar-refractivity contribution >= 4 is 11.3 Å². The first kappa shape index (κ1) is 10.4. The van der Waals surface area contributed by atoms with Gasteiger partial charge in [0.15, 0.2) is 0 Å². The molecule has 84 valence electrons. The van der Waals surface area contributed by atoms with Gasteiger partial charge in [-0.25, -0.2) is 4.98 Å². The average Bonchev–Trinajstić information content (AvgIpc) is 2.80. The first-order valence-corrected chi connectivity index (χ1v) is 6.50. The summed E-state index contributed by atoms with van der Waals surface area (Å²) in [5, 5.41) is 12.3. The van der Waals surface area contributed by atoms with Crippen LogP contribution in [0, 0.1) is 11.3 Å². The van der Waals surface area contributed by atoms with Gasteiger partial charge in [0.05, 0.1) is 11.8 Å². The highest BCUT2D eigenvalue weighted by molar-refractivity contribution is 7.13. The second kappa shape index (κ2) is 3.94. The summed E-state index contributed by atoms with van der Waals surface area (Å²) >= 11 is 1.60. The molecule has 0 unspecified atom stereocenters. The van der Waals surface area contributed by atoms with Crippen LogP contribution in [0.15, 0.2) is 29.9 Å². The topological polar surface area (TPSA) is 49.6 Å². The first-order valence-electron chi connectivity index (χ1n) is 5.62. The summed E-state index contributed by atoms with van der Waals surface area (Å²) in [5.41, 5.74) is 1.72. The summed E-state index contributed by atoms with van der Waals surface area (Å²) in [4.78, 5) is 8.61. The molecule has 0 amide bonds. The Morgan fingerprint density at radius 1 is 1.29 bits per heavy atom. The van der Waals surface area contributed by atoms with Crippen molar-refractivity contribution in [3.63, 3.8) is 0 Å². The van der Waals surface area contributed by atoms with Crippen molar-refractivity contribution in [3.8, 4) is 16.6 Å². The van der Waals surface area contributed by atoms with E-state index in [4.69, 9.17) is 0 Å². The highest BCUT2D eigenvalue weighted by Gasteiger charge is 2.41. The van der Waals surface area contributed by atoms with E-state index in [0.29, 0.717) is 0 Å². The Morgan fingerprint density at radius 3 is 2.65 bits per heavy atom. The van der Waals surface area contributed by atoms with Gasteiger partial charge in [0.25, 0.3) is 0 Å². The molecule has 3 rings (SSSR count). The Kier molecular flexibility index (Phi) is 2.41. The summed E-state index contributed by atoms with van der Waals surface area (Å²) in [5.74, 6) is 0. The Labute approximate surface area is 104 Å². The second-order valence-electron chi connectivity index (χ2n) is 4.32. The van der Waals surface area contributed by atoms with Crippen molar-refractivity contribution in [1.29, 1.82) is 5.26 Å². The first-order chi connectivity index (χ1) is 8.34. The zero-order valence-electron chi connectivity index (χ0n) is 9.26. The van der Waals surface area contributed by atoms with E-state index in [2.05, 4.69) is 16.0 Å². The van der Waals surface area contributed by atoms with Crippen LogP contribution in [0.3, 0.4) is 0 Å². The highest BCUT2D eigenvalue weighted by atomic mass is 32.1. The molecule has 0 radical (unpaired) electrons. The van der Waals surface area contributed by atoms with Crippen LogP contribution < -0.4 is 0 Å². The van der Waals surface area contributed by atoms with Crippen LogP contribution in [-0.2, 0) is 5.41 Å². The molecule has 0 saturated heterocycles. The van der Waals surface area contributed by atoms with Crippen LogP contribution in [0.25, 0.3) is 10.6 Å². The Hall–Kier alpha value is -1.73. The minimum Gasteiger partial charge on any atom is -0.265 e. The highest BCUT2D eigenvalue weighted by Crippen LogP contribution is 2.44. The van der Waals surface area contributed by atoms with Crippen molar-refractivity contribution in [2.24, 2.45) is 0 Å². The number of thiazole rings is 1. The van der Waals surface area contributed by atoms with Crippen molar-refractivity contribution in [2.75, 3.05) is 0 Å². The molecule has 0 bridgehead atoms. The molecule has 1 saturated carbocycles. The standard InChI is InChI=1S/C13H11N3S/c14-9-13(4-1-5-13)11-8-17-12(16-11)10-2-6-15-7-3-10/h2-3,6-8H,1,4-5H2. The van der Waals surface area contributed by atoms with E-state index >= 15 is 0 Å². The zero-order valence-corrected chi connectivity index (χ0v) is 10.1. The number of hydrogen-bond acceptors (Lipinski definition) is 4. The van der Waals surface area contributed by atoms with E-state index in [-0.39, 0.29) is 5.41 Å². The predicted octanol–water partition coefficient (Wildman–Crippen LogP) is 3.15. The quantitative estimate of drug-likeness (QED) is 0.811. The Balaban J connectivity index is 1.97. The number of aromatic nitrogens is 2. The van der Waals surface area contributed by atoms with Gasteiger partial charge in [0, 0.05) is 23.3 Å². The molecule has 2 heterocycles. The lowest BCUT2D eigenvalue weighted by Gasteiger charge is -2.33. The fourth-order valence-electron chi connectivity index (χ4n) is 2.08. The molecule has 1 fully saturated rings. The number of nitriles is 1. The van der Waals surface area contributed by atoms with Crippen LogP contribution in [0.5, 0.6) is 0 Å². The molecule has 4 heteroatoms. The average molecular weight is 241 g/mol. The van der Waals surface area contributed by atoms with Gasteiger partial charge in [-0.1, -0.05) is 0 Å². The molecule has 2 aromatic rings. The monoisotopic (exact) mass is 241 g/mol. The molecule has 0 aliphatic heterocycles. The van der Waals surface area contributed by atoms with Crippen LogP contribution in [-0.4, -0.2) is 9.97 Å². The molecule has 0 spiro atoms. The molecule has 1 aliphatic carbocycles. The summed E-state index contributed by atoms with van der Waals surface area (Å²) in [7, 11) is 0. The minimum absolute atomic E-state index is 0.304. The predicted molar refractivity (Wildman–Crippen MR) is 66.5 cm³/mol. The fraction of sp³-hybridized carbons (Fsp3) is 0.308. The van der Waals surface area contributed by atoms with E-state index < -0.39 is 0 Å². The van der Waals surface area contributed by atoms with Gasteiger partial charge in [0.2, 0.25) is 0 Å². The maximum atomic E-state index is 9.27. The largest absolute Gasteiger partial charge is 0.265 e. The van der Waals surface area contributed by atoms with Crippen LogP contribution in [0.4, 0.5) is 0 Å². The van der Waals surface area contributed by atoms with Gasteiger partial charge in [-0.15, -0.1) is 11.3 Å². The summed E-state index contributed by atoms with van der Waals surface area (Å²) < 4.78 is 0. The van der Waals surface area contributed by atoms with Crippen LogP contribution in [0.2, 0.25) is 0 Å². The molecular weight excluding hydrogens is 230 g/mol. The molecule has 0 N–H and O–H groups in total. The van der Waals surface area contributed by atoms with Crippen LogP contribution in [0.1, 0.15) is 25.0 Å². The third-order valence-electron chi connectivity index (χ3n) is 3.34. The lowest BCUT2D eigenvalue weighted by Crippen LogP contribution is -2.32. The van der Waals surface area contributed by atoms with Crippen molar-refractivity contribution < 1.29 is 0 Å². The Bertz CT molecular complexity index is 564. The van der Waals surface area contributed by atoms with E-state index in [1.807, 2.05) is 17.5 Å². The number of pyridine rings is 1. The molecule has 17 heavy (non-hydrogen) atoms. The maximum absolute atomic E-state index is 9.27. The lowest BCUT2D eigenvalue weighted by molar-refractivity contribution is 0.317. The molecule has 3 nitrogen and oxygen atoms in total. The molecule has 0 atom stereocenters. The Morgan fingerprint density at radius 2 is 2.06 bits per heavy atom. The van der Waals surface area contributed by atoms with Gasteiger partial charge in [0.1, 0.15) is 10.4 Å². The van der Waals surface area contributed by atoms with Crippen molar-refractivity contribution in [2.45, 2.75) is 24.7 Å². The van der Waals surface area contributed by atoms with Gasteiger partial charge >= 0.3 is 0 Å². The van der Waals surface area contributed by atoms with Gasteiger partial charge in [-0.3, -0.25) is 4.98 Å². The lowest BCUT2D eigenvalue weighted by atomic mass is 9.68. The number of rotatable bonds is 2. The number of hydrogen-bond donors (Lipinski definition) is 0. The van der Waals surface area contributed by atoms with E-state index in [1.54, 1.807) is 23.7 Å². The maximum Gasteiger partial charge on any atom is 0.123 e. The van der Waals surface area contributed by atoms with Crippen molar-refractivity contribution in [3.05, 3.63) is 35.6 Å². The van der Waals surface area contributed by atoms with E-state index in [0.717, 1.165) is 35.5 Å². The fourth-order valence-corrected chi connectivity index (χ4v) is 3.00. The summed E-state index contributed by atoms with van der Waals surface area (Å²) in [6.45, 7) is 0. The second-order valence-corrected chi connectivity index (χ2v) is 5.18. The zero-order chi connectivity index (χ0) is 11.7. The molecule has 1 aliphatic rings. The molecule has 2 aromatic heterocycles. The normalized spacial score (nSPS) is 17.1. The van der Waals surface area contributed by atoms with E-state index in [1.165, 1.54) is 0 Å². The third kappa shape index (κ3) is 1.63. The third-order valence-corrected chi connectivity index (χ3v) is 4.23. The van der Waals surface area contributed by atoms with Gasteiger partial charge in [-0.05, 0) is 31.4 Å². The summed E-state index contributed by atoms with van der Waals surface area (Å²) in [6, 6.07) is 6.32. The summed E-state index contributed by atoms with van der Waals surface area (Å²) in [6.07, 6.45) is 6.56.